The summed E-state index contributed by atoms with van der Waals surface area (Å²) < 4.78 is 2.04. The molecule has 0 aliphatic carbocycles. The van der Waals surface area contributed by atoms with Gasteiger partial charge in [-0.2, -0.15) is 9.78 Å². The van der Waals surface area contributed by atoms with Crippen molar-refractivity contribution in [2.24, 2.45) is 5.10 Å². The van der Waals surface area contributed by atoms with E-state index >= 15 is 0 Å². The second kappa shape index (κ2) is 5.07. The van der Waals surface area contributed by atoms with Gasteiger partial charge in [0.05, 0.1) is 12.2 Å². The van der Waals surface area contributed by atoms with Crippen LogP contribution in [0.1, 0.15) is 15.9 Å². The van der Waals surface area contributed by atoms with Crippen LogP contribution in [0.2, 0.25) is 0 Å². The topological polar surface area (TPSA) is 89.0 Å². The molecule has 1 heterocycles. The highest BCUT2D eigenvalue weighted by molar-refractivity contribution is 7.72. The molecule has 0 amide bonds. The molecule has 0 spiro atoms. The summed E-state index contributed by atoms with van der Waals surface area (Å²) in [5.74, 6) is -1.21. The van der Waals surface area contributed by atoms with Gasteiger partial charge < -0.3 is 9.90 Å². The molecule has 2 aromatic rings. The average molecular weight is 279 g/mol. The minimum absolute atomic E-state index is 0.114. The SMILES string of the molecule is O=C([O-])c1ccc(/C=N\n2c(=S)[nH][nH]c2=S)cc1. The fourth-order valence-corrected chi connectivity index (χ4v) is 1.68. The monoisotopic (exact) mass is 279 g/mol. The average Bonchev–Trinajstić information content (AvgIpc) is 2.67. The molecule has 2 N–H and O–H groups in total. The molecule has 92 valence electrons. The summed E-state index contributed by atoms with van der Waals surface area (Å²) in [5, 5.41) is 19.9. The van der Waals surface area contributed by atoms with Crippen LogP contribution in [0.3, 0.4) is 0 Å². The number of hydrogen-bond acceptors (Lipinski definition) is 5. The zero-order chi connectivity index (χ0) is 13.1. The van der Waals surface area contributed by atoms with Crippen LogP contribution in [-0.4, -0.2) is 27.1 Å². The first-order chi connectivity index (χ1) is 8.58. The molecule has 6 nitrogen and oxygen atoms in total. The number of nitrogens with one attached hydrogen (secondary N) is 2. The maximum atomic E-state index is 10.6. The van der Waals surface area contributed by atoms with Gasteiger partial charge in [-0.25, -0.2) is 0 Å². The molecule has 2 rings (SSSR count). The summed E-state index contributed by atoms with van der Waals surface area (Å²) in [7, 11) is 0. The lowest BCUT2D eigenvalue weighted by molar-refractivity contribution is -0.255. The molecule has 0 aliphatic heterocycles. The summed E-state index contributed by atoms with van der Waals surface area (Å²) in [4.78, 5) is 10.6. The van der Waals surface area contributed by atoms with Crippen molar-refractivity contribution in [3.05, 3.63) is 44.9 Å². The summed E-state index contributed by atoms with van der Waals surface area (Å²) in [6.45, 7) is 0. The van der Waals surface area contributed by atoms with Crippen molar-refractivity contribution in [2.45, 2.75) is 0 Å². The molecular weight excluding hydrogens is 272 g/mol. The molecule has 0 saturated carbocycles. The Bertz CT molecular complexity index is 681. The van der Waals surface area contributed by atoms with Gasteiger partial charge in [0, 0.05) is 0 Å². The molecule has 0 bridgehead atoms. The van der Waals surface area contributed by atoms with E-state index in [2.05, 4.69) is 15.3 Å². The number of carbonyl (C=O) groups is 1. The summed E-state index contributed by atoms with van der Waals surface area (Å²) in [6, 6.07) is 6.09. The highest BCUT2D eigenvalue weighted by Crippen LogP contribution is 2.02. The first-order valence-corrected chi connectivity index (χ1v) is 5.65. The van der Waals surface area contributed by atoms with Crippen LogP contribution in [0.4, 0.5) is 0 Å². The van der Waals surface area contributed by atoms with Gasteiger partial charge in [-0.05, 0) is 35.6 Å². The highest BCUT2D eigenvalue weighted by Gasteiger charge is 1.95. The number of carboxylic acid groups (broad SMARTS) is 1. The van der Waals surface area contributed by atoms with Gasteiger partial charge >= 0.3 is 0 Å². The Morgan fingerprint density at radius 1 is 1.22 bits per heavy atom. The van der Waals surface area contributed by atoms with Gasteiger partial charge in [0.1, 0.15) is 0 Å². The third kappa shape index (κ3) is 2.60. The zero-order valence-electron chi connectivity index (χ0n) is 8.91. The summed E-state index contributed by atoms with van der Waals surface area (Å²) in [5.41, 5.74) is 0.834. The van der Waals surface area contributed by atoms with E-state index in [0.717, 1.165) is 5.56 Å². The fraction of sp³-hybridized carbons (Fsp3) is 0. The van der Waals surface area contributed by atoms with Crippen molar-refractivity contribution in [3.8, 4) is 0 Å². The minimum Gasteiger partial charge on any atom is -0.545 e. The molecule has 18 heavy (non-hydrogen) atoms. The van der Waals surface area contributed by atoms with Crippen molar-refractivity contribution in [3.63, 3.8) is 0 Å². The number of aromatic nitrogens is 3. The van der Waals surface area contributed by atoms with E-state index in [4.69, 9.17) is 24.4 Å². The lowest BCUT2D eigenvalue weighted by atomic mass is 10.1. The van der Waals surface area contributed by atoms with Gasteiger partial charge in [-0.1, -0.05) is 24.3 Å². The van der Waals surface area contributed by atoms with Crippen molar-refractivity contribution >= 4 is 36.6 Å². The van der Waals surface area contributed by atoms with Crippen LogP contribution >= 0.6 is 24.4 Å². The number of rotatable bonds is 3. The molecule has 0 saturated heterocycles. The Labute approximate surface area is 112 Å². The number of aromatic carboxylic acids is 1. The smallest absolute Gasteiger partial charge is 0.215 e. The van der Waals surface area contributed by atoms with Crippen LogP contribution < -0.4 is 5.11 Å². The van der Waals surface area contributed by atoms with Gasteiger partial charge in [0.25, 0.3) is 0 Å². The number of H-pyrrole nitrogens is 2. The van der Waals surface area contributed by atoms with E-state index in [1.165, 1.54) is 23.0 Å². The van der Waals surface area contributed by atoms with E-state index in [-0.39, 0.29) is 5.56 Å². The number of aromatic amines is 2. The fourth-order valence-electron chi connectivity index (χ4n) is 1.24. The first-order valence-electron chi connectivity index (χ1n) is 4.83. The van der Waals surface area contributed by atoms with Crippen molar-refractivity contribution < 1.29 is 9.90 Å². The third-order valence-corrected chi connectivity index (χ3v) is 2.68. The predicted molar refractivity (Wildman–Crippen MR) is 68.6 cm³/mol. The number of carbonyl (C=O) groups excluding carboxylic acids is 1. The Morgan fingerprint density at radius 2 is 1.78 bits per heavy atom. The van der Waals surface area contributed by atoms with E-state index < -0.39 is 5.97 Å². The quantitative estimate of drug-likeness (QED) is 0.644. The van der Waals surface area contributed by atoms with Crippen molar-refractivity contribution in [1.82, 2.24) is 14.9 Å². The second-order valence-electron chi connectivity index (χ2n) is 3.33. The maximum Gasteiger partial charge on any atom is 0.215 e. The Hall–Kier alpha value is -2.06. The first kappa shape index (κ1) is 12.4. The molecule has 0 atom stereocenters. The Kier molecular flexibility index (Phi) is 3.49. The van der Waals surface area contributed by atoms with Gasteiger partial charge in [-0.3, -0.25) is 10.2 Å². The zero-order valence-corrected chi connectivity index (χ0v) is 10.5. The van der Waals surface area contributed by atoms with E-state index in [1.54, 1.807) is 12.1 Å². The van der Waals surface area contributed by atoms with Gasteiger partial charge in [0.2, 0.25) is 9.54 Å². The molecule has 0 fully saturated rings. The molecule has 1 aromatic carbocycles. The molecular formula is C10H7N4O2S2-. The molecule has 1 aromatic heterocycles. The lowest BCUT2D eigenvalue weighted by Crippen LogP contribution is -2.21. The van der Waals surface area contributed by atoms with Crippen LogP contribution in [0.5, 0.6) is 0 Å². The number of carboxylic acids is 1. The standard InChI is InChI=1S/C10H8N4O2S2/c15-8(16)7-3-1-6(2-4-7)5-11-14-9(17)12-13-10(14)18/h1-5H,(H,12,17)(H,13,18)(H,15,16)/p-1/b11-5-. The maximum absolute atomic E-state index is 10.6. The predicted octanol–water partition coefficient (Wildman–Crippen LogP) is 0.849. The van der Waals surface area contributed by atoms with Crippen molar-refractivity contribution in [2.75, 3.05) is 0 Å². The van der Waals surface area contributed by atoms with Crippen LogP contribution in [0, 0.1) is 9.54 Å². The number of hydrogen-bond donors (Lipinski definition) is 2. The molecule has 0 radical (unpaired) electrons. The van der Waals surface area contributed by atoms with Crippen molar-refractivity contribution in [1.29, 1.82) is 0 Å². The lowest BCUT2D eigenvalue weighted by Gasteiger charge is -2.01. The summed E-state index contributed by atoms with van der Waals surface area (Å²) >= 11 is 9.91. The van der Waals surface area contributed by atoms with Gasteiger partial charge in [-0.15, -0.1) is 0 Å². The van der Waals surface area contributed by atoms with Crippen LogP contribution in [0.15, 0.2) is 29.4 Å². The number of nitrogens with zero attached hydrogens (tertiary/aromatic N) is 2. The number of benzene rings is 1. The van der Waals surface area contributed by atoms with E-state index in [0.29, 0.717) is 9.54 Å². The van der Waals surface area contributed by atoms with Gasteiger partial charge in [0.15, 0.2) is 0 Å². The molecule has 0 aliphatic rings. The summed E-state index contributed by atoms with van der Waals surface area (Å²) in [6.07, 6.45) is 1.52. The molecule has 8 heteroatoms. The largest absolute Gasteiger partial charge is 0.545 e. The second-order valence-corrected chi connectivity index (χ2v) is 4.10. The van der Waals surface area contributed by atoms with E-state index in [9.17, 15) is 9.90 Å². The Morgan fingerprint density at radius 3 is 2.28 bits per heavy atom. The third-order valence-electron chi connectivity index (χ3n) is 2.13. The van der Waals surface area contributed by atoms with E-state index in [1.807, 2.05) is 0 Å². The highest BCUT2D eigenvalue weighted by atomic mass is 32.1. The molecule has 0 unspecified atom stereocenters. The van der Waals surface area contributed by atoms with Crippen LogP contribution in [0.25, 0.3) is 0 Å². The minimum atomic E-state index is -1.21. The Balaban J connectivity index is 2.27. The normalized spacial score (nSPS) is 10.9. The van der Waals surface area contributed by atoms with Crippen LogP contribution in [-0.2, 0) is 0 Å².